The van der Waals surface area contributed by atoms with E-state index in [-0.39, 0.29) is 31.1 Å². The SMILES string of the molecule is CCC(CO)NC(=O)c1sc(-c2ccccc2)cc1OCC(=O)N1CCCCC1. The third kappa shape index (κ3) is 5.58. The number of nitrogens with one attached hydrogen (secondary N) is 1. The summed E-state index contributed by atoms with van der Waals surface area (Å²) in [5, 5.41) is 12.2. The van der Waals surface area contributed by atoms with Crippen LogP contribution >= 0.6 is 11.3 Å². The van der Waals surface area contributed by atoms with Crippen molar-refractivity contribution in [2.75, 3.05) is 26.3 Å². The molecular weight excluding hydrogens is 388 g/mol. The number of hydrogen-bond donors (Lipinski definition) is 2. The van der Waals surface area contributed by atoms with Gasteiger partial charge in [-0.1, -0.05) is 37.3 Å². The maximum Gasteiger partial charge on any atom is 0.265 e. The fourth-order valence-corrected chi connectivity index (χ4v) is 4.30. The van der Waals surface area contributed by atoms with Crippen molar-refractivity contribution >= 4 is 23.2 Å². The second-order valence-electron chi connectivity index (χ2n) is 7.16. The Hall–Kier alpha value is -2.38. The molecule has 2 heterocycles. The van der Waals surface area contributed by atoms with Crippen LogP contribution < -0.4 is 10.1 Å². The third-order valence-electron chi connectivity index (χ3n) is 5.07. The lowest BCUT2D eigenvalue weighted by molar-refractivity contribution is -0.134. The van der Waals surface area contributed by atoms with Crippen LogP contribution in [0.25, 0.3) is 10.4 Å². The number of ether oxygens (including phenoxy) is 1. The van der Waals surface area contributed by atoms with Crippen molar-refractivity contribution in [2.45, 2.75) is 38.6 Å². The second kappa shape index (κ2) is 10.4. The van der Waals surface area contributed by atoms with Crippen molar-refractivity contribution < 1.29 is 19.4 Å². The lowest BCUT2D eigenvalue weighted by atomic mass is 10.1. The highest BCUT2D eigenvalue weighted by atomic mass is 32.1. The third-order valence-corrected chi connectivity index (χ3v) is 6.24. The van der Waals surface area contributed by atoms with Crippen LogP contribution in [0.15, 0.2) is 36.4 Å². The van der Waals surface area contributed by atoms with E-state index in [1.54, 1.807) is 0 Å². The Morgan fingerprint density at radius 2 is 1.93 bits per heavy atom. The summed E-state index contributed by atoms with van der Waals surface area (Å²) in [6.07, 6.45) is 3.83. The largest absolute Gasteiger partial charge is 0.482 e. The molecule has 2 aromatic rings. The van der Waals surface area contributed by atoms with Gasteiger partial charge in [0.2, 0.25) is 0 Å². The Bertz CT molecular complexity index is 811. The van der Waals surface area contributed by atoms with Gasteiger partial charge < -0.3 is 20.1 Å². The van der Waals surface area contributed by atoms with Gasteiger partial charge >= 0.3 is 0 Å². The van der Waals surface area contributed by atoms with Gasteiger partial charge in [0.05, 0.1) is 12.6 Å². The summed E-state index contributed by atoms with van der Waals surface area (Å²) in [6, 6.07) is 11.3. The smallest absolute Gasteiger partial charge is 0.265 e. The van der Waals surface area contributed by atoms with E-state index in [0.29, 0.717) is 17.0 Å². The molecule has 2 amide bonds. The fraction of sp³-hybridized carbons (Fsp3) is 0.455. The van der Waals surface area contributed by atoms with Gasteiger partial charge in [0.1, 0.15) is 10.6 Å². The van der Waals surface area contributed by atoms with Gasteiger partial charge in [-0.25, -0.2) is 0 Å². The van der Waals surface area contributed by atoms with E-state index in [0.717, 1.165) is 42.8 Å². The van der Waals surface area contributed by atoms with Crippen LogP contribution in [0.4, 0.5) is 0 Å². The number of hydrogen-bond acceptors (Lipinski definition) is 5. The van der Waals surface area contributed by atoms with E-state index in [1.165, 1.54) is 11.3 Å². The van der Waals surface area contributed by atoms with Crippen molar-refractivity contribution in [3.05, 3.63) is 41.3 Å². The quantitative estimate of drug-likeness (QED) is 0.692. The number of amides is 2. The zero-order valence-corrected chi connectivity index (χ0v) is 17.5. The molecule has 0 bridgehead atoms. The minimum Gasteiger partial charge on any atom is -0.482 e. The fourth-order valence-electron chi connectivity index (χ4n) is 3.29. The van der Waals surface area contributed by atoms with Gasteiger partial charge in [-0.3, -0.25) is 9.59 Å². The minimum absolute atomic E-state index is 0.0506. The molecule has 0 aliphatic carbocycles. The maximum absolute atomic E-state index is 12.8. The van der Waals surface area contributed by atoms with Gasteiger partial charge in [-0.15, -0.1) is 11.3 Å². The molecule has 1 aliphatic rings. The number of likely N-dealkylation sites (tertiary alicyclic amines) is 1. The number of aliphatic hydroxyl groups excluding tert-OH is 1. The summed E-state index contributed by atoms with van der Waals surface area (Å²) in [6.45, 7) is 3.23. The van der Waals surface area contributed by atoms with Crippen molar-refractivity contribution in [3.63, 3.8) is 0 Å². The molecule has 1 atom stereocenters. The number of benzene rings is 1. The topological polar surface area (TPSA) is 78.9 Å². The number of carbonyl (C=O) groups excluding carboxylic acids is 2. The summed E-state index contributed by atoms with van der Waals surface area (Å²) < 4.78 is 5.82. The van der Waals surface area contributed by atoms with Gasteiger partial charge in [0, 0.05) is 18.0 Å². The highest BCUT2D eigenvalue weighted by molar-refractivity contribution is 7.17. The first-order valence-corrected chi connectivity index (χ1v) is 11.0. The molecular formula is C22H28N2O4S. The van der Waals surface area contributed by atoms with E-state index in [1.807, 2.05) is 48.2 Å². The molecule has 1 fully saturated rings. The lowest BCUT2D eigenvalue weighted by Gasteiger charge is -2.26. The summed E-state index contributed by atoms with van der Waals surface area (Å²) in [4.78, 5) is 28.4. The number of piperidine rings is 1. The minimum atomic E-state index is -0.312. The van der Waals surface area contributed by atoms with E-state index in [2.05, 4.69) is 5.32 Å². The monoisotopic (exact) mass is 416 g/mol. The summed E-state index contributed by atoms with van der Waals surface area (Å²) >= 11 is 1.33. The van der Waals surface area contributed by atoms with Gasteiger partial charge in [-0.05, 0) is 37.3 Å². The van der Waals surface area contributed by atoms with Crippen LogP contribution in [0, 0.1) is 0 Å². The van der Waals surface area contributed by atoms with Gasteiger partial charge in [0.15, 0.2) is 6.61 Å². The second-order valence-corrected chi connectivity index (χ2v) is 8.21. The molecule has 1 aromatic carbocycles. The Morgan fingerprint density at radius 1 is 1.21 bits per heavy atom. The van der Waals surface area contributed by atoms with Crippen molar-refractivity contribution in [2.24, 2.45) is 0 Å². The average Bonchev–Trinajstić information content (AvgIpc) is 3.21. The summed E-state index contributed by atoms with van der Waals surface area (Å²) in [5.41, 5.74) is 0.984. The molecule has 29 heavy (non-hydrogen) atoms. The molecule has 2 N–H and O–H groups in total. The molecule has 0 spiro atoms. The Morgan fingerprint density at radius 3 is 2.59 bits per heavy atom. The average molecular weight is 417 g/mol. The lowest BCUT2D eigenvalue weighted by Crippen LogP contribution is -2.39. The Labute approximate surface area is 175 Å². The molecule has 1 aliphatic heterocycles. The van der Waals surface area contributed by atoms with Crippen LogP contribution in [0.3, 0.4) is 0 Å². The molecule has 6 nitrogen and oxygen atoms in total. The molecule has 7 heteroatoms. The molecule has 1 aromatic heterocycles. The Balaban J connectivity index is 1.78. The van der Waals surface area contributed by atoms with E-state index >= 15 is 0 Å². The molecule has 0 saturated carbocycles. The van der Waals surface area contributed by atoms with Crippen LogP contribution in [-0.4, -0.2) is 54.2 Å². The maximum atomic E-state index is 12.8. The number of carbonyl (C=O) groups is 2. The summed E-state index contributed by atoms with van der Waals surface area (Å²) in [5.74, 6) is 0.0633. The van der Waals surface area contributed by atoms with E-state index in [9.17, 15) is 14.7 Å². The van der Waals surface area contributed by atoms with Crippen LogP contribution in [0.5, 0.6) is 5.75 Å². The van der Waals surface area contributed by atoms with Crippen LogP contribution in [-0.2, 0) is 4.79 Å². The summed E-state index contributed by atoms with van der Waals surface area (Å²) in [7, 11) is 0. The van der Waals surface area contributed by atoms with E-state index in [4.69, 9.17) is 4.74 Å². The number of thiophene rings is 1. The van der Waals surface area contributed by atoms with Crippen molar-refractivity contribution in [1.82, 2.24) is 10.2 Å². The molecule has 1 saturated heterocycles. The standard InChI is InChI=1S/C22H28N2O4S/c1-2-17(14-25)23-22(27)21-18(13-19(29-21)16-9-5-3-6-10-16)28-15-20(26)24-11-7-4-8-12-24/h3,5-6,9-10,13,17,25H,2,4,7-8,11-12,14-15H2,1H3,(H,23,27). The molecule has 3 rings (SSSR count). The van der Waals surface area contributed by atoms with Crippen LogP contribution in [0.2, 0.25) is 0 Å². The molecule has 1 unspecified atom stereocenters. The molecule has 156 valence electrons. The number of nitrogens with zero attached hydrogens (tertiary/aromatic N) is 1. The number of rotatable bonds is 8. The zero-order valence-electron chi connectivity index (χ0n) is 16.7. The van der Waals surface area contributed by atoms with E-state index < -0.39 is 0 Å². The highest BCUT2D eigenvalue weighted by Gasteiger charge is 2.23. The van der Waals surface area contributed by atoms with Crippen molar-refractivity contribution in [1.29, 1.82) is 0 Å². The normalized spacial score (nSPS) is 15.0. The van der Waals surface area contributed by atoms with Crippen LogP contribution in [0.1, 0.15) is 42.3 Å². The van der Waals surface area contributed by atoms with Gasteiger partial charge in [-0.2, -0.15) is 0 Å². The number of aliphatic hydroxyl groups is 1. The predicted octanol–water partition coefficient (Wildman–Crippen LogP) is 3.31. The first-order valence-electron chi connectivity index (χ1n) is 10.1. The first kappa shape index (κ1) is 21.3. The van der Waals surface area contributed by atoms with Gasteiger partial charge in [0.25, 0.3) is 11.8 Å². The van der Waals surface area contributed by atoms with Crippen molar-refractivity contribution in [3.8, 4) is 16.2 Å². The Kier molecular flexibility index (Phi) is 7.66. The zero-order chi connectivity index (χ0) is 20.6. The predicted molar refractivity (Wildman–Crippen MR) is 114 cm³/mol. The highest BCUT2D eigenvalue weighted by Crippen LogP contribution is 2.36. The first-order chi connectivity index (χ1) is 14.1. The molecule has 0 radical (unpaired) electrons.